The van der Waals surface area contributed by atoms with Gasteiger partial charge in [0.15, 0.2) is 0 Å². The first-order valence-electron chi connectivity index (χ1n) is 12.5. The second kappa shape index (κ2) is 11.6. The fourth-order valence-electron chi connectivity index (χ4n) is 4.35. The number of likely N-dealkylation sites (N-methyl/N-ethyl adjacent to an activating group) is 1. The standard InChI is InChI=1S/C27H28F9N3O3/c1-24(2,3)42-23(41)38-9-10-39(20-7-5-17(6-8-20)25(28,29)30)21(15-38)22(40)37(4)14-16-11-18(26(31,32)33)13-19(12-16)27(34,35)36/h5-8,11-13,21H,9-10,14-15H2,1-4H3. The van der Waals surface area contributed by atoms with Crippen LogP contribution >= 0.6 is 0 Å². The highest BCUT2D eigenvalue weighted by Gasteiger charge is 2.40. The van der Waals surface area contributed by atoms with Gasteiger partial charge < -0.3 is 19.4 Å². The van der Waals surface area contributed by atoms with Crippen molar-refractivity contribution in [2.45, 2.75) is 57.5 Å². The van der Waals surface area contributed by atoms with E-state index in [9.17, 15) is 49.1 Å². The molecule has 6 nitrogen and oxygen atoms in total. The minimum absolute atomic E-state index is 0.0198. The van der Waals surface area contributed by atoms with Crippen LogP contribution in [-0.4, -0.2) is 60.1 Å². The SMILES string of the molecule is CN(Cc1cc(C(F)(F)F)cc(C(F)(F)F)c1)C(=O)C1CN(C(=O)OC(C)(C)C)CCN1c1ccc(C(F)(F)F)cc1. The van der Waals surface area contributed by atoms with Gasteiger partial charge in [-0.15, -0.1) is 0 Å². The molecule has 2 aromatic carbocycles. The lowest BCUT2D eigenvalue weighted by Crippen LogP contribution is -2.60. The van der Waals surface area contributed by atoms with Gasteiger partial charge in [0.1, 0.15) is 11.6 Å². The zero-order chi connectivity index (χ0) is 31.8. The van der Waals surface area contributed by atoms with Crippen molar-refractivity contribution in [1.82, 2.24) is 9.80 Å². The number of halogens is 9. The normalized spacial score (nSPS) is 16.8. The number of carbonyl (C=O) groups is 2. The summed E-state index contributed by atoms with van der Waals surface area (Å²) in [4.78, 5) is 29.9. The molecule has 3 rings (SSSR count). The van der Waals surface area contributed by atoms with Crippen LogP contribution in [-0.2, 0) is 34.6 Å². The average molecular weight is 614 g/mol. The Morgan fingerprint density at radius 2 is 1.31 bits per heavy atom. The number of nitrogens with zero attached hydrogens (tertiary/aromatic N) is 3. The molecule has 42 heavy (non-hydrogen) atoms. The van der Waals surface area contributed by atoms with E-state index in [1.54, 1.807) is 20.8 Å². The quantitative estimate of drug-likeness (QED) is 0.355. The summed E-state index contributed by atoms with van der Waals surface area (Å²) in [6, 6.07) is 3.60. The highest BCUT2D eigenvalue weighted by Crippen LogP contribution is 2.37. The number of hydrogen-bond donors (Lipinski definition) is 0. The van der Waals surface area contributed by atoms with E-state index in [0.717, 1.165) is 36.2 Å². The van der Waals surface area contributed by atoms with Crippen molar-refractivity contribution < 1.29 is 53.8 Å². The molecule has 232 valence electrons. The third-order valence-electron chi connectivity index (χ3n) is 6.29. The van der Waals surface area contributed by atoms with Gasteiger partial charge >= 0.3 is 24.6 Å². The molecular weight excluding hydrogens is 585 g/mol. The number of anilines is 1. The van der Waals surface area contributed by atoms with Gasteiger partial charge in [-0.1, -0.05) is 0 Å². The van der Waals surface area contributed by atoms with Crippen LogP contribution < -0.4 is 4.90 Å². The predicted octanol–water partition coefficient (Wildman–Crippen LogP) is 6.83. The predicted molar refractivity (Wildman–Crippen MR) is 133 cm³/mol. The minimum Gasteiger partial charge on any atom is -0.444 e. The van der Waals surface area contributed by atoms with Crippen LogP contribution in [0.4, 0.5) is 50.0 Å². The third kappa shape index (κ3) is 8.22. The maximum absolute atomic E-state index is 13.6. The Hall–Kier alpha value is -3.65. The lowest BCUT2D eigenvalue weighted by Gasteiger charge is -2.43. The molecule has 15 heteroatoms. The Labute approximate surface area is 235 Å². The fourth-order valence-corrected chi connectivity index (χ4v) is 4.35. The second-order valence-corrected chi connectivity index (χ2v) is 10.8. The zero-order valence-electron chi connectivity index (χ0n) is 22.9. The van der Waals surface area contributed by atoms with Crippen LogP contribution in [0.5, 0.6) is 0 Å². The number of piperazine rings is 1. The maximum atomic E-state index is 13.6. The number of benzene rings is 2. The molecule has 1 aliphatic rings. The van der Waals surface area contributed by atoms with Crippen LogP contribution in [0.2, 0.25) is 0 Å². The molecule has 1 aliphatic heterocycles. The van der Waals surface area contributed by atoms with E-state index in [2.05, 4.69) is 0 Å². The van der Waals surface area contributed by atoms with E-state index in [1.165, 1.54) is 9.80 Å². The molecule has 0 saturated carbocycles. The van der Waals surface area contributed by atoms with Crippen molar-refractivity contribution in [2.75, 3.05) is 31.6 Å². The van der Waals surface area contributed by atoms with Crippen LogP contribution in [0.25, 0.3) is 0 Å². The molecule has 1 heterocycles. The molecule has 0 aliphatic carbocycles. The number of ether oxygens (including phenoxy) is 1. The van der Waals surface area contributed by atoms with Crippen molar-refractivity contribution >= 4 is 17.7 Å². The zero-order valence-corrected chi connectivity index (χ0v) is 22.9. The Bertz CT molecular complexity index is 1250. The Kier molecular flexibility index (Phi) is 9.04. The molecule has 1 atom stereocenters. The largest absolute Gasteiger partial charge is 0.444 e. The molecule has 0 bridgehead atoms. The number of amides is 2. The summed E-state index contributed by atoms with van der Waals surface area (Å²) in [5, 5.41) is 0. The van der Waals surface area contributed by atoms with Gasteiger partial charge in [0.25, 0.3) is 0 Å². The molecule has 1 fully saturated rings. The van der Waals surface area contributed by atoms with Crippen molar-refractivity contribution in [1.29, 1.82) is 0 Å². The Morgan fingerprint density at radius 1 is 0.810 bits per heavy atom. The molecule has 2 amide bonds. The van der Waals surface area contributed by atoms with E-state index in [-0.39, 0.29) is 31.4 Å². The summed E-state index contributed by atoms with van der Waals surface area (Å²) in [6.07, 6.45) is -15.6. The van der Waals surface area contributed by atoms with Crippen molar-refractivity contribution in [3.63, 3.8) is 0 Å². The topological polar surface area (TPSA) is 53.1 Å². The molecule has 0 N–H and O–H groups in total. The molecular formula is C27H28F9N3O3. The molecule has 0 radical (unpaired) electrons. The molecule has 2 aromatic rings. The van der Waals surface area contributed by atoms with Gasteiger partial charge in [0.2, 0.25) is 5.91 Å². The fraction of sp³-hybridized carbons (Fsp3) is 0.481. The van der Waals surface area contributed by atoms with Crippen LogP contribution in [0.15, 0.2) is 42.5 Å². The average Bonchev–Trinajstić information content (AvgIpc) is 2.85. The van der Waals surface area contributed by atoms with Crippen molar-refractivity contribution in [2.24, 2.45) is 0 Å². The van der Waals surface area contributed by atoms with Crippen molar-refractivity contribution in [3.05, 3.63) is 64.7 Å². The highest BCUT2D eigenvalue weighted by molar-refractivity contribution is 5.86. The van der Waals surface area contributed by atoms with Gasteiger partial charge in [0, 0.05) is 32.4 Å². The van der Waals surface area contributed by atoms with E-state index in [4.69, 9.17) is 4.74 Å². The third-order valence-corrected chi connectivity index (χ3v) is 6.29. The monoisotopic (exact) mass is 613 g/mol. The summed E-state index contributed by atoms with van der Waals surface area (Å²) in [5.74, 6) is -0.797. The first-order chi connectivity index (χ1) is 19.1. The number of carbonyl (C=O) groups excluding carboxylic acids is 2. The van der Waals surface area contributed by atoms with Gasteiger partial charge in [-0.05, 0) is 68.8 Å². The number of rotatable bonds is 4. The smallest absolute Gasteiger partial charge is 0.416 e. The minimum atomic E-state index is -5.09. The maximum Gasteiger partial charge on any atom is 0.416 e. The van der Waals surface area contributed by atoms with Crippen molar-refractivity contribution in [3.8, 4) is 0 Å². The summed E-state index contributed by atoms with van der Waals surface area (Å²) in [7, 11) is 1.16. The van der Waals surface area contributed by atoms with E-state index in [1.807, 2.05) is 0 Å². The first-order valence-corrected chi connectivity index (χ1v) is 12.5. The van der Waals surface area contributed by atoms with Gasteiger partial charge in [-0.3, -0.25) is 4.79 Å². The molecule has 1 saturated heterocycles. The molecule has 1 unspecified atom stereocenters. The summed E-state index contributed by atoms with van der Waals surface area (Å²) in [6.45, 7) is 3.87. The van der Waals surface area contributed by atoms with E-state index < -0.39 is 71.0 Å². The van der Waals surface area contributed by atoms with Crippen LogP contribution in [0, 0.1) is 0 Å². The van der Waals surface area contributed by atoms with Gasteiger partial charge in [-0.2, -0.15) is 39.5 Å². The second-order valence-electron chi connectivity index (χ2n) is 10.8. The van der Waals surface area contributed by atoms with Crippen LogP contribution in [0.3, 0.4) is 0 Å². The lowest BCUT2D eigenvalue weighted by molar-refractivity contribution is -0.143. The Balaban J connectivity index is 1.94. The lowest BCUT2D eigenvalue weighted by atomic mass is 10.0. The summed E-state index contributed by atoms with van der Waals surface area (Å²) in [5.41, 5.74) is -5.19. The van der Waals surface area contributed by atoms with Gasteiger partial charge in [-0.25, -0.2) is 4.79 Å². The van der Waals surface area contributed by atoms with E-state index in [0.29, 0.717) is 12.1 Å². The highest BCUT2D eigenvalue weighted by atomic mass is 19.4. The summed E-state index contributed by atoms with van der Waals surface area (Å²) < 4.78 is 125. The number of hydrogen-bond acceptors (Lipinski definition) is 4. The Morgan fingerprint density at radius 3 is 1.76 bits per heavy atom. The molecule has 0 spiro atoms. The van der Waals surface area contributed by atoms with Gasteiger partial charge in [0.05, 0.1) is 23.2 Å². The van der Waals surface area contributed by atoms with E-state index >= 15 is 0 Å². The van der Waals surface area contributed by atoms with Crippen LogP contribution in [0.1, 0.15) is 43.0 Å². The molecule has 0 aromatic heterocycles. The first kappa shape index (κ1) is 32.9. The summed E-state index contributed by atoms with van der Waals surface area (Å²) >= 11 is 0. The number of alkyl halides is 9.